The largest absolute Gasteiger partial charge is 0.497 e. The van der Waals surface area contributed by atoms with E-state index in [1.807, 2.05) is 30.3 Å². The number of benzene rings is 3. The minimum absolute atomic E-state index is 0.00248. The van der Waals surface area contributed by atoms with Crippen LogP contribution in [0.3, 0.4) is 0 Å². The maximum absolute atomic E-state index is 6.53. The molecule has 2 aliphatic rings. The maximum Gasteiger partial charge on any atom is 0.240 e. The summed E-state index contributed by atoms with van der Waals surface area (Å²) in [4.78, 5) is 0. The minimum Gasteiger partial charge on any atom is -0.497 e. The lowest BCUT2D eigenvalue weighted by Crippen LogP contribution is -2.40. The van der Waals surface area contributed by atoms with Crippen molar-refractivity contribution >= 4 is 5.69 Å². The van der Waals surface area contributed by atoms with Gasteiger partial charge in [0.1, 0.15) is 17.2 Å². The van der Waals surface area contributed by atoms with Gasteiger partial charge in [-0.3, -0.25) is 0 Å². The first-order chi connectivity index (χ1) is 14.6. The Morgan fingerprint density at radius 2 is 1.73 bits per heavy atom. The lowest BCUT2D eigenvalue weighted by Gasteiger charge is -2.40. The molecule has 5 nitrogen and oxygen atoms in total. The molecule has 0 fully saturated rings. The zero-order valence-electron chi connectivity index (χ0n) is 17.4. The van der Waals surface area contributed by atoms with Gasteiger partial charge in [-0.15, -0.1) is 0 Å². The molecule has 3 aromatic carbocycles. The van der Waals surface area contributed by atoms with Crippen LogP contribution in [0.4, 0.5) is 5.69 Å². The first kappa shape index (κ1) is 18.8. The molecular formula is C25H25NO4. The quantitative estimate of drug-likeness (QED) is 0.638. The summed E-state index contributed by atoms with van der Waals surface area (Å²) in [6.07, 6.45) is 0.652. The van der Waals surface area contributed by atoms with Crippen molar-refractivity contribution < 1.29 is 18.9 Å². The summed E-state index contributed by atoms with van der Waals surface area (Å²) in [5, 5.41) is 3.67. The van der Waals surface area contributed by atoms with E-state index in [0.717, 1.165) is 39.6 Å². The van der Waals surface area contributed by atoms with Crippen LogP contribution in [-0.4, -0.2) is 14.2 Å². The maximum atomic E-state index is 6.53. The molecule has 1 spiro atoms. The first-order valence-electron chi connectivity index (χ1n) is 10.1. The molecule has 1 N–H and O–H groups in total. The van der Waals surface area contributed by atoms with Gasteiger partial charge in [0.25, 0.3) is 0 Å². The Bertz CT molecular complexity index is 1070. The van der Waals surface area contributed by atoms with Gasteiger partial charge in [0.05, 0.1) is 26.9 Å². The minimum atomic E-state index is -0.794. The zero-order valence-corrected chi connectivity index (χ0v) is 17.4. The fourth-order valence-electron chi connectivity index (χ4n) is 4.38. The Morgan fingerprint density at radius 1 is 0.967 bits per heavy atom. The molecule has 0 unspecified atom stereocenters. The number of ether oxygens (including phenoxy) is 4. The van der Waals surface area contributed by atoms with Crippen molar-refractivity contribution in [3.05, 3.63) is 82.9 Å². The molecule has 2 aliphatic heterocycles. The Kier molecular flexibility index (Phi) is 4.55. The van der Waals surface area contributed by atoms with E-state index in [4.69, 9.17) is 18.9 Å². The molecule has 154 valence electrons. The highest BCUT2D eigenvalue weighted by molar-refractivity contribution is 5.57. The highest BCUT2D eigenvalue weighted by Gasteiger charge is 2.48. The number of fused-ring (bicyclic) bond motifs is 3. The Hall–Kier alpha value is -3.18. The number of anilines is 1. The van der Waals surface area contributed by atoms with E-state index in [1.165, 1.54) is 5.56 Å². The summed E-state index contributed by atoms with van der Waals surface area (Å²) in [5.74, 6) is 1.54. The molecule has 5 rings (SSSR count). The molecule has 0 aliphatic carbocycles. The van der Waals surface area contributed by atoms with Crippen LogP contribution in [0.25, 0.3) is 0 Å². The second-order valence-corrected chi connectivity index (χ2v) is 7.84. The Balaban J connectivity index is 1.57. The molecule has 0 radical (unpaired) electrons. The van der Waals surface area contributed by atoms with Crippen molar-refractivity contribution in [3.63, 3.8) is 0 Å². The van der Waals surface area contributed by atoms with Crippen LogP contribution in [-0.2, 0) is 17.1 Å². The Labute approximate surface area is 176 Å². The van der Waals surface area contributed by atoms with Gasteiger partial charge < -0.3 is 24.3 Å². The molecule has 0 bridgehead atoms. The van der Waals surface area contributed by atoms with E-state index < -0.39 is 5.79 Å². The monoisotopic (exact) mass is 403 g/mol. The fraction of sp³-hybridized carbons (Fsp3) is 0.280. The summed E-state index contributed by atoms with van der Waals surface area (Å²) < 4.78 is 23.7. The third kappa shape index (κ3) is 3.15. The van der Waals surface area contributed by atoms with Crippen molar-refractivity contribution in [2.75, 3.05) is 19.5 Å². The van der Waals surface area contributed by atoms with Crippen molar-refractivity contribution in [1.29, 1.82) is 0 Å². The number of hydrogen-bond donors (Lipinski definition) is 1. The number of aryl methyl sites for hydroxylation is 1. The van der Waals surface area contributed by atoms with Gasteiger partial charge in [-0.05, 0) is 24.1 Å². The van der Waals surface area contributed by atoms with Gasteiger partial charge in [-0.25, -0.2) is 0 Å². The normalized spacial score (nSPS) is 21.5. The standard InChI is InChI=1S/C25H25NO4/c1-16-8-9-21-23(26-18-11-19(27-2)13-20(12-18)28-3)14-25(30-24(21)10-16)22-7-5-4-6-17(22)15-29-25/h4-13,23,26H,14-15H2,1-3H3/t23-,25+/m1/s1. The van der Waals surface area contributed by atoms with Gasteiger partial charge in [0.15, 0.2) is 0 Å². The highest BCUT2D eigenvalue weighted by Crippen LogP contribution is 2.50. The van der Waals surface area contributed by atoms with E-state index in [9.17, 15) is 0 Å². The predicted octanol–water partition coefficient (Wildman–Crippen LogP) is 5.33. The fourth-order valence-corrected chi connectivity index (χ4v) is 4.38. The Morgan fingerprint density at radius 3 is 2.50 bits per heavy atom. The van der Waals surface area contributed by atoms with E-state index in [1.54, 1.807) is 14.2 Å². The zero-order chi connectivity index (χ0) is 20.7. The van der Waals surface area contributed by atoms with Gasteiger partial charge in [0, 0.05) is 41.4 Å². The molecular weight excluding hydrogens is 378 g/mol. The van der Waals surface area contributed by atoms with Crippen molar-refractivity contribution in [3.8, 4) is 17.2 Å². The van der Waals surface area contributed by atoms with Gasteiger partial charge >= 0.3 is 0 Å². The van der Waals surface area contributed by atoms with E-state index >= 15 is 0 Å². The van der Waals surface area contributed by atoms with Crippen LogP contribution in [0.5, 0.6) is 17.2 Å². The number of hydrogen-bond acceptors (Lipinski definition) is 5. The summed E-state index contributed by atoms with van der Waals surface area (Å²) in [5.41, 5.74) is 5.47. The molecule has 2 heterocycles. The second kappa shape index (κ2) is 7.26. The number of nitrogens with one attached hydrogen (secondary N) is 1. The molecule has 0 saturated carbocycles. The van der Waals surface area contributed by atoms with Crippen LogP contribution in [0.2, 0.25) is 0 Å². The third-order valence-electron chi connectivity index (χ3n) is 5.87. The number of rotatable bonds is 4. The van der Waals surface area contributed by atoms with Crippen LogP contribution in [0.15, 0.2) is 60.7 Å². The molecule has 0 aromatic heterocycles. The predicted molar refractivity (Wildman–Crippen MR) is 115 cm³/mol. The van der Waals surface area contributed by atoms with Gasteiger partial charge in [-0.1, -0.05) is 36.4 Å². The van der Waals surface area contributed by atoms with Crippen LogP contribution >= 0.6 is 0 Å². The first-order valence-corrected chi connectivity index (χ1v) is 10.1. The summed E-state index contributed by atoms with van der Waals surface area (Å²) >= 11 is 0. The lowest BCUT2D eigenvalue weighted by molar-refractivity contribution is -0.196. The second-order valence-electron chi connectivity index (χ2n) is 7.84. The van der Waals surface area contributed by atoms with E-state index in [-0.39, 0.29) is 6.04 Å². The van der Waals surface area contributed by atoms with E-state index in [2.05, 4.69) is 42.6 Å². The van der Waals surface area contributed by atoms with Crippen LogP contribution in [0, 0.1) is 6.92 Å². The van der Waals surface area contributed by atoms with Crippen molar-refractivity contribution in [2.45, 2.75) is 31.8 Å². The van der Waals surface area contributed by atoms with Crippen molar-refractivity contribution in [2.24, 2.45) is 0 Å². The van der Waals surface area contributed by atoms with Crippen molar-refractivity contribution in [1.82, 2.24) is 0 Å². The third-order valence-corrected chi connectivity index (χ3v) is 5.87. The SMILES string of the molecule is COc1cc(N[C@@H]2C[C@]3(OCc4ccccc43)Oc3cc(C)ccc32)cc(OC)c1. The van der Waals surface area contributed by atoms with Crippen LogP contribution < -0.4 is 19.5 Å². The summed E-state index contributed by atoms with van der Waals surface area (Å²) in [7, 11) is 3.31. The van der Waals surface area contributed by atoms with Gasteiger partial charge in [-0.2, -0.15) is 0 Å². The average molecular weight is 403 g/mol. The summed E-state index contributed by atoms with van der Waals surface area (Å²) in [6, 6.07) is 20.4. The number of methoxy groups -OCH3 is 2. The van der Waals surface area contributed by atoms with Crippen LogP contribution in [0.1, 0.15) is 34.7 Å². The molecule has 0 saturated heterocycles. The molecule has 2 atom stereocenters. The highest BCUT2D eigenvalue weighted by atomic mass is 16.7. The average Bonchev–Trinajstić information content (AvgIpc) is 3.11. The smallest absolute Gasteiger partial charge is 0.240 e. The van der Waals surface area contributed by atoms with Gasteiger partial charge in [0.2, 0.25) is 5.79 Å². The van der Waals surface area contributed by atoms with E-state index in [0.29, 0.717) is 13.0 Å². The molecule has 5 heteroatoms. The lowest BCUT2D eigenvalue weighted by atomic mass is 9.89. The molecule has 30 heavy (non-hydrogen) atoms. The summed E-state index contributed by atoms with van der Waals surface area (Å²) in [6.45, 7) is 2.63. The molecule has 3 aromatic rings. The topological polar surface area (TPSA) is 49.0 Å². The molecule has 0 amide bonds.